The van der Waals surface area contributed by atoms with Crippen molar-refractivity contribution in [2.24, 2.45) is 5.92 Å². The number of carbonyl (C=O) groups is 3. The smallest absolute Gasteiger partial charge is 0.255 e. The van der Waals surface area contributed by atoms with E-state index in [2.05, 4.69) is 16.4 Å². The minimum absolute atomic E-state index is 0.0665. The van der Waals surface area contributed by atoms with E-state index in [1.165, 1.54) is 4.90 Å². The highest BCUT2D eigenvalue weighted by atomic mass is 32.1. The number of amides is 3. The van der Waals surface area contributed by atoms with Gasteiger partial charge in [0.25, 0.3) is 5.91 Å². The van der Waals surface area contributed by atoms with Gasteiger partial charge in [0, 0.05) is 31.6 Å². The lowest BCUT2D eigenvalue weighted by atomic mass is 10.00. The number of thiazole rings is 1. The zero-order chi connectivity index (χ0) is 29.8. The number of β-amino-alcohol motifs (C(OH)–C–C–N with tert-alkyl or cyclic N) is 1. The maximum atomic E-state index is 13.9. The molecule has 0 radical (unpaired) electrons. The summed E-state index contributed by atoms with van der Waals surface area (Å²) in [5.74, 6) is -0.949. The van der Waals surface area contributed by atoms with Crippen LogP contribution in [-0.4, -0.2) is 62.3 Å². The van der Waals surface area contributed by atoms with Crippen LogP contribution in [0.25, 0.3) is 10.4 Å². The molecule has 1 aromatic heterocycles. The molecule has 3 amide bonds. The molecule has 41 heavy (non-hydrogen) atoms. The Morgan fingerprint density at radius 2 is 1.88 bits per heavy atom. The van der Waals surface area contributed by atoms with E-state index < -0.39 is 18.2 Å². The van der Waals surface area contributed by atoms with Gasteiger partial charge in [0.1, 0.15) is 12.1 Å². The van der Waals surface area contributed by atoms with Crippen molar-refractivity contribution in [2.75, 3.05) is 6.54 Å². The van der Waals surface area contributed by atoms with Crippen LogP contribution in [0.15, 0.2) is 48.0 Å². The number of likely N-dealkylation sites (tertiary alicyclic amines) is 1. The first-order valence-electron chi connectivity index (χ1n) is 14.3. The molecule has 0 spiro atoms. The van der Waals surface area contributed by atoms with Crippen molar-refractivity contribution in [2.45, 2.75) is 79.2 Å². The highest BCUT2D eigenvalue weighted by Crippen LogP contribution is 2.31. The van der Waals surface area contributed by atoms with Gasteiger partial charge in [0.15, 0.2) is 0 Å². The number of aliphatic hydroxyl groups excluding tert-OH is 1. The molecule has 9 heteroatoms. The van der Waals surface area contributed by atoms with Crippen molar-refractivity contribution in [3.8, 4) is 10.4 Å². The zero-order valence-electron chi connectivity index (χ0n) is 24.7. The molecule has 3 aromatic rings. The first kappa shape index (κ1) is 30.4. The number of fused-ring (bicyclic) bond motifs is 1. The van der Waals surface area contributed by atoms with Gasteiger partial charge in [0.05, 0.1) is 22.2 Å². The summed E-state index contributed by atoms with van der Waals surface area (Å²) >= 11 is 1.60. The summed E-state index contributed by atoms with van der Waals surface area (Å²) in [5.41, 5.74) is 7.45. The highest BCUT2D eigenvalue weighted by molar-refractivity contribution is 7.13. The van der Waals surface area contributed by atoms with Gasteiger partial charge in [-0.15, -0.1) is 11.3 Å². The van der Waals surface area contributed by atoms with Crippen LogP contribution in [0.5, 0.6) is 0 Å². The van der Waals surface area contributed by atoms with Crippen molar-refractivity contribution in [1.29, 1.82) is 0 Å². The summed E-state index contributed by atoms with van der Waals surface area (Å²) in [6.07, 6.45) is -0.633. The molecule has 5 rings (SSSR count). The number of carbonyl (C=O) groups excluding carboxylic acids is 3. The van der Waals surface area contributed by atoms with Gasteiger partial charge in [-0.1, -0.05) is 64.1 Å². The molecular formula is C32H40N4O4S. The summed E-state index contributed by atoms with van der Waals surface area (Å²) in [7, 11) is 0. The van der Waals surface area contributed by atoms with Gasteiger partial charge < -0.3 is 20.2 Å². The summed E-state index contributed by atoms with van der Waals surface area (Å²) in [6, 6.07) is 12.0. The van der Waals surface area contributed by atoms with Crippen LogP contribution in [0.4, 0.5) is 0 Å². The van der Waals surface area contributed by atoms with Crippen LogP contribution >= 0.6 is 11.3 Å². The third kappa shape index (κ3) is 6.21. The van der Waals surface area contributed by atoms with Crippen LogP contribution in [0.3, 0.4) is 0 Å². The lowest BCUT2D eigenvalue weighted by Gasteiger charge is -2.35. The fourth-order valence-corrected chi connectivity index (χ4v) is 6.47. The molecule has 0 aliphatic carbocycles. The SMILES string of the molecule is CC.Cc1cc(-c2scnc2C)ccc1CNC(=O)C1CC(O)CN1C(=O)C(C(C)C)N1Cc2ccccc2C1=O. The van der Waals surface area contributed by atoms with Gasteiger partial charge >= 0.3 is 0 Å². The van der Waals surface area contributed by atoms with Gasteiger partial charge in [0.2, 0.25) is 11.8 Å². The minimum atomic E-state index is -0.798. The third-order valence-corrected chi connectivity index (χ3v) is 8.72. The molecule has 2 aliphatic heterocycles. The number of aromatic nitrogens is 1. The number of nitrogens with zero attached hydrogens (tertiary/aromatic N) is 3. The van der Waals surface area contributed by atoms with Gasteiger partial charge in [-0.25, -0.2) is 4.98 Å². The highest BCUT2D eigenvalue weighted by Gasteiger charge is 2.45. The standard InChI is InChI=1S/C30H34N4O4S.C2H6/c1-17(2)26(34-14-22-7-5-6-8-24(22)29(34)37)30(38)33-15-23(35)12-25(33)28(36)31-13-21-10-9-20(11-18(21)3)27-19(4)32-16-39-27;1-2/h5-11,16-17,23,25-26,35H,12-15H2,1-4H3,(H,31,36);1-2H3. The second kappa shape index (κ2) is 13.0. The number of hydrogen-bond donors (Lipinski definition) is 2. The minimum Gasteiger partial charge on any atom is -0.391 e. The lowest BCUT2D eigenvalue weighted by Crippen LogP contribution is -2.55. The van der Waals surface area contributed by atoms with E-state index in [-0.39, 0.29) is 36.6 Å². The quantitative estimate of drug-likeness (QED) is 0.424. The molecule has 3 unspecified atom stereocenters. The Morgan fingerprint density at radius 3 is 2.51 bits per heavy atom. The summed E-state index contributed by atoms with van der Waals surface area (Å²) in [6.45, 7) is 12.5. The largest absolute Gasteiger partial charge is 0.391 e. The Morgan fingerprint density at radius 1 is 1.15 bits per heavy atom. The first-order chi connectivity index (χ1) is 19.7. The van der Waals surface area contributed by atoms with Crippen LogP contribution in [0, 0.1) is 19.8 Å². The van der Waals surface area contributed by atoms with Crippen LogP contribution in [0.1, 0.15) is 66.9 Å². The third-order valence-electron chi connectivity index (χ3n) is 7.74. The second-order valence-electron chi connectivity index (χ2n) is 10.8. The second-order valence-corrected chi connectivity index (χ2v) is 11.7. The molecule has 0 bridgehead atoms. The van der Waals surface area contributed by atoms with Crippen molar-refractivity contribution >= 4 is 29.1 Å². The van der Waals surface area contributed by atoms with Gasteiger partial charge in [-0.3, -0.25) is 14.4 Å². The van der Waals surface area contributed by atoms with Crippen molar-refractivity contribution in [3.63, 3.8) is 0 Å². The molecule has 2 aromatic carbocycles. The van der Waals surface area contributed by atoms with Crippen LogP contribution < -0.4 is 5.32 Å². The van der Waals surface area contributed by atoms with Crippen LogP contribution in [0.2, 0.25) is 0 Å². The molecule has 3 atom stereocenters. The predicted molar refractivity (Wildman–Crippen MR) is 161 cm³/mol. The van der Waals surface area contributed by atoms with E-state index >= 15 is 0 Å². The molecule has 1 fully saturated rings. The monoisotopic (exact) mass is 576 g/mol. The van der Waals surface area contributed by atoms with E-state index in [0.29, 0.717) is 18.7 Å². The average Bonchev–Trinajstić information content (AvgIpc) is 3.66. The van der Waals surface area contributed by atoms with E-state index in [9.17, 15) is 19.5 Å². The molecule has 3 heterocycles. The average molecular weight is 577 g/mol. The van der Waals surface area contributed by atoms with E-state index in [4.69, 9.17) is 0 Å². The number of aliphatic hydroxyl groups is 1. The number of aryl methyl sites for hydroxylation is 2. The molecular weight excluding hydrogens is 536 g/mol. The van der Waals surface area contributed by atoms with E-state index in [0.717, 1.165) is 32.8 Å². The number of benzene rings is 2. The molecule has 0 saturated carbocycles. The molecule has 8 nitrogen and oxygen atoms in total. The fourth-order valence-electron chi connectivity index (χ4n) is 5.67. The molecule has 1 saturated heterocycles. The topological polar surface area (TPSA) is 103 Å². The van der Waals surface area contributed by atoms with E-state index in [1.54, 1.807) is 22.3 Å². The fraction of sp³-hybridized carbons (Fsp3) is 0.438. The molecule has 2 aliphatic rings. The summed E-state index contributed by atoms with van der Waals surface area (Å²) < 4.78 is 0. The number of nitrogens with one attached hydrogen (secondary N) is 1. The maximum Gasteiger partial charge on any atom is 0.255 e. The molecule has 2 N–H and O–H groups in total. The van der Waals surface area contributed by atoms with Crippen molar-refractivity contribution < 1.29 is 19.5 Å². The van der Waals surface area contributed by atoms with E-state index in [1.807, 2.05) is 77.4 Å². The van der Waals surface area contributed by atoms with Gasteiger partial charge in [-0.2, -0.15) is 0 Å². The Balaban J connectivity index is 0.00000189. The zero-order valence-corrected chi connectivity index (χ0v) is 25.5. The van der Waals surface area contributed by atoms with Crippen LogP contribution in [-0.2, 0) is 22.7 Å². The van der Waals surface area contributed by atoms with Gasteiger partial charge in [-0.05, 0) is 48.1 Å². The number of rotatable bonds is 7. The summed E-state index contributed by atoms with van der Waals surface area (Å²) in [5, 5.41) is 13.4. The van der Waals surface area contributed by atoms with Crippen molar-refractivity contribution in [1.82, 2.24) is 20.1 Å². The number of hydrogen-bond acceptors (Lipinski definition) is 6. The first-order valence-corrected chi connectivity index (χ1v) is 15.2. The Bertz CT molecular complexity index is 1420. The summed E-state index contributed by atoms with van der Waals surface area (Å²) in [4.78, 5) is 48.9. The Labute approximate surface area is 246 Å². The maximum absolute atomic E-state index is 13.9. The Kier molecular flexibility index (Phi) is 9.60. The molecule has 218 valence electrons. The lowest BCUT2D eigenvalue weighted by molar-refractivity contribution is -0.143. The predicted octanol–water partition coefficient (Wildman–Crippen LogP) is 4.71. The van der Waals surface area contributed by atoms with Crippen molar-refractivity contribution in [3.05, 3.63) is 75.9 Å². The Hall–Kier alpha value is -3.56. The normalized spacial score (nSPS) is 18.7.